The van der Waals surface area contributed by atoms with Gasteiger partial charge >= 0.3 is 6.16 Å². The van der Waals surface area contributed by atoms with E-state index < -0.39 is 12.4 Å². The molecule has 1 aromatic rings. The Morgan fingerprint density at radius 3 is 3.00 bits per heavy atom. The molecule has 1 aliphatic rings. The number of carbonyl (C=O) groups is 1. The van der Waals surface area contributed by atoms with Gasteiger partial charge in [-0.05, 0) is 30.2 Å². The van der Waals surface area contributed by atoms with E-state index in [0.29, 0.717) is 6.54 Å². The molecule has 1 aliphatic heterocycles. The zero-order chi connectivity index (χ0) is 11.5. The quantitative estimate of drug-likeness (QED) is 0.752. The average Bonchev–Trinajstić information content (AvgIpc) is 2.28. The summed E-state index contributed by atoms with van der Waals surface area (Å²) in [5.74, 6) is 0.220. The molecule has 5 nitrogen and oxygen atoms in total. The highest BCUT2D eigenvalue weighted by molar-refractivity contribution is 5.85. The Morgan fingerprint density at radius 2 is 2.29 bits per heavy atom. The smallest absolute Gasteiger partial charge is 0.508 e. The van der Waals surface area contributed by atoms with Crippen molar-refractivity contribution in [1.82, 2.24) is 5.32 Å². The summed E-state index contributed by atoms with van der Waals surface area (Å²) in [5, 5.41) is 12.4. The summed E-state index contributed by atoms with van der Waals surface area (Å²) in [6.07, 6.45) is -0.430. The van der Waals surface area contributed by atoms with Crippen LogP contribution in [0, 0.1) is 0 Å². The van der Waals surface area contributed by atoms with Crippen molar-refractivity contribution in [2.75, 3.05) is 13.7 Å². The first kappa shape index (κ1) is 13.6. The van der Waals surface area contributed by atoms with Gasteiger partial charge in [0.15, 0.2) is 6.23 Å². The van der Waals surface area contributed by atoms with Crippen LogP contribution in [0.5, 0.6) is 5.75 Å². The van der Waals surface area contributed by atoms with Gasteiger partial charge in [0.05, 0.1) is 7.11 Å². The first-order chi connectivity index (χ1) is 7.70. The second-order valence-electron chi connectivity index (χ2n) is 3.54. The van der Waals surface area contributed by atoms with E-state index in [4.69, 9.17) is 4.74 Å². The summed E-state index contributed by atoms with van der Waals surface area (Å²) in [7, 11) is 1.27. The van der Waals surface area contributed by atoms with E-state index in [1.54, 1.807) is 18.2 Å². The van der Waals surface area contributed by atoms with Crippen LogP contribution in [0.1, 0.15) is 17.4 Å². The van der Waals surface area contributed by atoms with Crippen molar-refractivity contribution in [3.8, 4) is 5.75 Å². The molecule has 0 radical (unpaired) electrons. The Hall–Kier alpha value is -1.46. The fourth-order valence-corrected chi connectivity index (χ4v) is 1.76. The van der Waals surface area contributed by atoms with Crippen LogP contribution in [-0.4, -0.2) is 24.9 Å². The maximum Gasteiger partial charge on any atom is 0.509 e. The van der Waals surface area contributed by atoms with Crippen molar-refractivity contribution in [2.24, 2.45) is 0 Å². The molecule has 6 heteroatoms. The molecular formula is C11H14ClNO4. The van der Waals surface area contributed by atoms with Gasteiger partial charge in [-0.3, -0.25) is 5.32 Å². The van der Waals surface area contributed by atoms with Crippen LogP contribution in [0.3, 0.4) is 0 Å². The van der Waals surface area contributed by atoms with Crippen LogP contribution < -0.4 is 5.32 Å². The van der Waals surface area contributed by atoms with Crippen molar-refractivity contribution in [1.29, 1.82) is 0 Å². The lowest BCUT2D eigenvalue weighted by Gasteiger charge is -2.26. The summed E-state index contributed by atoms with van der Waals surface area (Å²) in [6.45, 7) is 0.693. The Bertz CT molecular complexity index is 410. The van der Waals surface area contributed by atoms with E-state index in [9.17, 15) is 9.90 Å². The number of carbonyl (C=O) groups excluding carboxylic acids is 1. The molecule has 0 spiro atoms. The van der Waals surface area contributed by atoms with E-state index >= 15 is 0 Å². The van der Waals surface area contributed by atoms with Gasteiger partial charge in [0.1, 0.15) is 5.75 Å². The third-order valence-electron chi connectivity index (χ3n) is 2.51. The maximum absolute atomic E-state index is 11.0. The summed E-state index contributed by atoms with van der Waals surface area (Å²) in [4.78, 5) is 11.0. The normalized spacial score (nSPS) is 17.6. The van der Waals surface area contributed by atoms with Gasteiger partial charge in [0.25, 0.3) is 0 Å². The number of phenols is 1. The van der Waals surface area contributed by atoms with Crippen LogP contribution in [0.4, 0.5) is 4.79 Å². The standard InChI is InChI=1S/C11H13NO4.ClH/c1-15-11(14)16-10-9-3-2-8(13)6-7(9)4-5-12-10;/h2-3,6,10,12-13H,4-5H2,1H3;1H. The van der Waals surface area contributed by atoms with Gasteiger partial charge in [-0.15, -0.1) is 12.4 Å². The Kier molecular flexibility index (Phi) is 4.60. The SMILES string of the molecule is COC(=O)OC1NCCc2cc(O)ccc21.Cl. The average molecular weight is 260 g/mol. The van der Waals surface area contributed by atoms with E-state index in [2.05, 4.69) is 10.1 Å². The second-order valence-corrected chi connectivity index (χ2v) is 3.54. The maximum atomic E-state index is 11.0. The lowest BCUT2D eigenvalue weighted by molar-refractivity contribution is 0.0203. The fraction of sp³-hybridized carbons (Fsp3) is 0.364. The molecule has 0 amide bonds. The molecule has 0 saturated heterocycles. The van der Waals surface area contributed by atoms with E-state index in [-0.39, 0.29) is 18.2 Å². The molecule has 0 saturated carbocycles. The van der Waals surface area contributed by atoms with Crippen LogP contribution in [0.25, 0.3) is 0 Å². The molecule has 94 valence electrons. The monoisotopic (exact) mass is 259 g/mol. The first-order valence-corrected chi connectivity index (χ1v) is 5.00. The third-order valence-corrected chi connectivity index (χ3v) is 2.51. The summed E-state index contributed by atoms with van der Waals surface area (Å²) >= 11 is 0. The van der Waals surface area contributed by atoms with Gasteiger partial charge in [-0.2, -0.15) is 0 Å². The Morgan fingerprint density at radius 1 is 1.53 bits per heavy atom. The minimum atomic E-state index is -0.724. The van der Waals surface area contributed by atoms with Crippen LogP contribution in [0.15, 0.2) is 18.2 Å². The molecule has 2 rings (SSSR count). The number of methoxy groups -OCH3 is 1. The number of nitrogens with one attached hydrogen (secondary N) is 1. The van der Waals surface area contributed by atoms with Crippen molar-refractivity contribution in [3.63, 3.8) is 0 Å². The number of halogens is 1. The van der Waals surface area contributed by atoms with Crippen molar-refractivity contribution in [3.05, 3.63) is 29.3 Å². The summed E-state index contributed by atoms with van der Waals surface area (Å²) in [5.41, 5.74) is 1.84. The lowest BCUT2D eigenvalue weighted by Crippen LogP contribution is -2.33. The summed E-state index contributed by atoms with van der Waals surface area (Å²) in [6, 6.07) is 4.99. The Balaban J connectivity index is 0.00000144. The van der Waals surface area contributed by atoms with Crippen molar-refractivity contribution < 1.29 is 19.4 Å². The molecule has 0 aliphatic carbocycles. The highest BCUT2D eigenvalue weighted by atomic mass is 35.5. The van der Waals surface area contributed by atoms with Gasteiger partial charge in [-0.1, -0.05) is 0 Å². The minimum Gasteiger partial charge on any atom is -0.508 e. The van der Waals surface area contributed by atoms with E-state index in [0.717, 1.165) is 17.5 Å². The van der Waals surface area contributed by atoms with Crippen LogP contribution in [-0.2, 0) is 15.9 Å². The fourth-order valence-electron chi connectivity index (χ4n) is 1.76. The van der Waals surface area contributed by atoms with E-state index in [1.165, 1.54) is 7.11 Å². The number of fused-ring (bicyclic) bond motifs is 1. The molecule has 1 heterocycles. The Labute approximate surface area is 105 Å². The van der Waals surface area contributed by atoms with Gasteiger partial charge in [-0.25, -0.2) is 4.79 Å². The molecule has 2 N–H and O–H groups in total. The third kappa shape index (κ3) is 3.01. The molecule has 1 aromatic carbocycles. The summed E-state index contributed by atoms with van der Waals surface area (Å²) < 4.78 is 9.49. The number of phenolic OH excluding ortho intramolecular Hbond substituents is 1. The van der Waals surface area contributed by atoms with Gasteiger partial charge < -0.3 is 14.6 Å². The molecule has 0 fully saturated rings. The van der Waals surface area contributed by atoms with Gasteiger partial charge in [0, 0.05) is 12.1 Å². The molecule has 0 aromatic heterocycles. The predicted molar refractivity (Wildman–Crippen MR) is 63.3 cm³/mol. The van der Waals surface area contributed by atoms with Crippen LogP contribution >= 0.6 is 12.4 Å². The predicted octanol–water partition coefficient (Wildman–Crippen LogP) is 1.74. The van der Waals surface area contributed by atoms with Crippen molar-refractivity contribution in [2.45, 2.75) is 12.6 Å². The minimum absolute atomic E-state index is 0. The highest BCUT2D eigenvalue weighted by Gasteiger charge is 2.23. The zero-order valence-electron chi connectivity index (χ0n) is 9.30. The number of ether oxygens (including phenoxy) is 2. The topological polar surface area (TPSA) is 67.8 Å². The molecular weight excluding hydrogens is 246 g/mol. The molecule has 0 bridgehead atoms. The van der Waals surface area contributed by atoms with Gasteiger partial charge in [0.2, 0.25) is 0 Å². The first-order valence-electron chi connectivity index (χ1n) is 5.00. The van der Waals surface area contributed by atoms with E-state index in [1.807, 2.05) is 0 Å². The number of hydrogen-bond acceptors (Lipinski definition) is 5. The van der Waals surface area contributed by atoms with Crippen LogP contribution in [0.2, 0.25) is 0 Å². The lowest BCUT2D eigenvalue weighted by atomic mass is 9.99. The highest BCUT2D eigenvalue weighted by Crippen LogP contribution is 2.27. The molecule has 1 atom stereocenters. The zero-order valence-corrected chi connectivity index (χ0v) is 10.1. The largest absolute Gasteiger partial charge is 0.509 e. The van der Waals surface area contributed by atoms with Crippen molar-refractivity contribution >= 4 is 18.6 Å². The molecule has 17 heavy (non-hydrogen) atoms. The molecule has 1 unspecified atom stereocenters. The number of benzene rings is 1. The number of rotatable bonds is 1. The second kappa shape index (κ2) is 5.75. The number of aromatic hydroxyl groups is 1. The number of hydrogen-bond donors (Lipinski definition) is 2.